The summed E-state index contributed by atoms with van der Waals surface area (Å²) in [5, 5.41) is 3.18. The van der Waals surface area contributed by atoms with Crippen LogP contribution in [0.2, 0.25) is 0 Å². The van der Waals surface area contributed by atoms with Crippen LogP contribution in [-0.2, 0) is 4.74 Å². The highest BCUT2D eigenvalue weighted by Crippen LogP contribution is 2.31. The largest absolute Gasteiger partial charge is 0.397 e. The molecular formula is C23H21F2N3O2. The van der Waals surface area contributed by atoms with Gasteiger partial charge in [-0.3, -0.25) is 4.79 Å². The van der Waals surface area contributed by atoms with E-state index in [4.69, 9.17) is 10.5 Å². The van der Waals surface area contributed by atoms with Crippen molar-refractivity contribution in [3.8, 4) is 11.1 Å². The van der Waals surface area contributed by atoms with E-state index >= 15 is 0 Å². The van der Waals surface area contributed by atoms with Crippen molar-refractivity contribution in [2.24, 2.45) is 0 Å². The fourth-order valence-corrected chi connectivity index (χ4v) is 3.37. The topological polar surface area (TPSA) is 67.6 Å². The molecule has 0 aliphatic carbocycles. The first-order chi connectivity index (χ1) is 14.5. The Morgan fingerprint density at radius 2 is 1.73 bits per heavy atom. The number of anilines is 3. The van der Waals surface area contributed by atoms with Gasteiger partial charge in [-0.25, -0.2) is 8.78 Å². The average molecular weight is 409 g/mol. The monoisotopic (exact) mass is 409 g/mol. The van der Waals surface area contributed by atoms with Gasteiger partial charge in [0.1, 0.15) is 0 Å². The zero-order valence-corrected chi connectivity index (χ0v) is 16.2. The molecule has 0 saturated carbocycles. The number of amides is 1. The molecule has 1 saturated heterocycles. The number of rotatable bonds is 4. The third kappa shape index (κ3) is 4.11. The summed E-state index contributed by atoms with van der Waals surface area (Å²) in [6.07, 6.45) is 0. The summed E-state index contributed by atoms with van der Waals surface area (Å²) in [5.74, 6) is -1.83. The Bertz CT molecular complexity index is 1060. The van der Waals surface area contributed by atoms with E-state index in [1.54, 1.807) is 47.4 Å². The molecule has 3 N–H and O–H groups in total. The molecule has 0 radical (unpaired) electrons. The molecular weight excluding hydrogens is 388 g/mol. The third-order valence-electron chi connectivity index (χ3n) is 5.02. The normalized spacial score (nSPS) is 13.9. The summed E-state index contributed by atoms with van der Waals surface area (Å²) in [7, 11) is 0. The van der Waals surface area contributed by atoms with Gasteiger partial charge in [-0.05, 0) is 48.0 Å². The minimum Gasteiger partial charge on any atom is -0.397 e. The smallest absolute Gasteiger partial charge is 0.254 e. The second-order valence-electron chi connectivity index (χ2n) is 7.01. The van der Waals surface area contributed by atoms with E-state index in [9.17, 15) is 13.6 Å². The molecule has 30 heavy (non-hydrogen) atoms. The van der Waals surface area contributed by atoms with Gasteiger partial charge in [0.25, 0.3) is 5.91 Å². The first-order valence-corrected chi connectivity index (χ1v) is 9.61. The van der Waals surface area contributed by atoms with Crippen LogP contribution in [0.25, 0.3) is 11.1 Å². The van der Waals surface area contributed by atoms with E-state index in [0.29, 0.717) is 48.8 Å². The van der Waals surface area contributed by atoms with E-state index in [0.717, 1.165) is 11.8 Å². The van der Waals surface area contributed by atoms with Crippen LogP contribution >= 0.6 is 0 Å². The number of benzene rings is 3. The molecule has 154 valence electrons. The van der Waals surface area contributed by atoms with Gasteiger partial charge < -0.3 is 20.7 Å². The van der Waals surface area contributed by atoms with Crippen LogP contribution in [0.5, 0.6) is 0 Å². The number of carbonyl (C=O) groups is 1. The second kappa shape index (κ2) is 8.51. The minimum absolute atomic E-state index is 0.0224. The highest BCUT2D eigenvalue weighted by atomic mass is 19.2. The number of nitrogens with one attached hydrogen (secondary N) is 1. The first-order valence-electron chi connectivity index (χ1n) is 9.61. The molecule has 4 rings (SSSR count). The fourth-order valence-electron chi connectivity index (χ4n) is 3.37. The lowest BCUT2D eigenvalue weighted by molar-refractivity contribution is 0.0303. The molecule has 0 aromatic heterocycles. The van der Waals surface area contributed by atoms with Crippen LogP contribution in [0.4, 0.5) is 25.8 Å². The summed E-state index contributed by atoms with van der Waals surface area (Å²) in [6, 6.07) is 16.1. The number of nitrogens with two attached hydrogens (primary N) is 1. The number of nitrogens with zero attached hydrogens (tertiary/aromatic N) is 1. The molecule has 1 aliphatic rings. The SMILES string of the molecule is Nc1cc(-c2cccc(F)c2F)ccc1Nc1ccc(C(=O)N2CCOCC2)cc1. The molecule has 0 bridgehead atoms. The summed E-state index contributed by atoms with van der Waals surface area (Å²) in [4.78, 5) is 14.3. The highest BCUT2D eigenvalue weighted by Gasteiger charge is 2.18. The number of carbonyl (C=O) groups excluding carboxylic acids is 1. The van der Waals surface area contributed by atoms with Crippen molar-refractivity contribution >= 4 is 23.0 Å². The van der Waals surface area contributed by atoms with Crippen LogP contribution in [0, 0.1) is 11.6 Å². The van der Waals surface area contributed by atoms with E-state index in [2.05, 4.69) is 5.32 Å². The minimum atomic E-state index is -0.905. The van der Waals surface area contributed by atoms with Crippen molar-refractivity contribution in [2.75, 3.05) is 37.4 Å². The second-order valence-corrected chi connectivity index (χ2v) is 7.01. The van der Waals surface area contributed by atoms with Gasteiger partial charge in [0.2, 0.25) is 0 Å². The zero-order chi connectivity index (χ0) is 21.1. The van der Waals surface area contributed by atoms with Crippen LogP contribution in [-0.4, -0.2) is 37.1 Å². The summed E-state index contributed by atoms with van der Waals surface area (Å²) in [6.45, 7) is 2.29. The van der Waals surface area contributed by atoms with Gasteiger partial charge >= 0.3 is 0 Å². The van der Waals surface area contributed by atoms with Crippen LogP contribution in [0.15, 0.2) is 60.7 Å². The van der Waals surface area contributed by atoms with Crippen LogP contribution < -0.4 is 11.1 Å². The fraction of sp³-hybridized carbons (Fsp3) is 0.174. The Kier molecular flexibility index (Phi) is 5.63. The van der Waals surface area contributed by atoms with E-state index in [-0.39, 0.29) is 11.5 Å². The van der Waals surface area contributed by atoms with Crippen molar-refractivity contribution in [3.63, 3.8) is 0 Å². The molecule has 0 unspecified atom stereocenters. The summed E-state index contributed by atoms with van der Waals surface area (Å²) in [5.41, 5.74) is 9.14. The van der Waals surface area contributed by atoms with Crippen molar-refractivity contribution in [2.45, 2.75) is 0 Å². The standard InChI is InChI=1S/C23H21F2N3O2/c24-19-3-1-2-18(22(19)25)16-6-9-21(20(26)14-16)27-17-7-4-15(5-8-17)23(29)28-10-12-30-13-11-28/h1-9,14,27H,10-13,26H2. The van der Waals surface area contributed by atoms with Crippen molar-refractivity contribution in [3.05, 3.63) is 77.9 Å². The van der Waals surface area contributed by atoms with Gasteiger partial charge in [-0.1, -0.05) is 18.2 Å². The average Bonchev–Trinajstić information content (AvgIpc) is 2.78. The van der Waals surface area contributed by atoms with Gasteiger partial charge in [-0.15, -0.1) is 0 Å². The number of hydrogen-bond donors (Lipinski definition) is 2. The van der Waals surface area contributed by atoms with Crippen molar-refractivity contribution < 1.29 is 18.3 Å². The maximum Gasteiger partial charge on any atom is 0.254 e. The number of ether oxygens (including phenoxy) is 1. The Labute approximate surface area is 173 Å². The molecule has 5 nitrogen and oxygen atoms in total. The molecule has 1 amide bonds. The number of morpholine rings is 1. The first kappa shape index (κ1) is 19.8. The number of hydrogen-bond acceptors (Lipinski definition) is 4. The Morgan fingerprint density at radius 1 is 1.00 bits per heavy atom. The molecule has 3 aromatic rings. The van der Waals surface area contributed by atoms with Crippen molar-refractivity contribution in [1.82, 2.24) is 4.90 Å². The molecule has 1 fully saturated rings. The van der Waals surface area contributed by atoms with Crippen molar-refractivity contribution in [1.29, 1.82) is 0 Å². The lowest BCUT2D eigenvalue weighted by atomic mass is 10.0. The van der Waals surface area contributed by atoms with E-state index < -0.39 is 11.6 Å². The summed E-state index contributed by atoms with van der Waals surface area (Å²) >= 11 is 0. The Hall–Kier alpha value is -3.45. The number of halogens is 2. The predicted molar refractivity (Wildman–Crippen MR) is 113 cm³/mol. The lowest BCUT2D eigenvalue weighted by Gasteiger charge is -2.26. The van der Waals surface area contributed by atoms with Crippen LogP contribution in [0.1, 0.15) is 10.4 Å². The maximum absolute atomic E-state index is 14.0. The molecule has 1 aliphatic heterocycles. The van der Waals surface area contributed by atoms with Gasteiger partial charge in [0.15, 0.2) is 11.6 Å². The molecule has 0 atom stereocenters. The van der Waals surface area contributed by atoms with E-state index in [1.165, 1.54) is 12.1 Å². The highest BCUT2D eigenvalue weighted by molar-refractivity contribution is 5.94. The zero-order valence-electron chi connectivity index (χ0n) is 16.2. The van der Waals surface area contributed by atoms with Crippen LogP contribution in [0.3, 0.4) is 0 Å². The third-order valence-corrected chi connectivity index (χ3v) is 5.02. The van der Waals surface area contributed by atoms with Gasteiger partial charge in [0.05, 0.1) is 24.6 Å². The Balaban J connectivity index is 1.49. The predicted octanol–water partition coefficient (Wildman–Crippen LogP) is 4.43. The molecule has 1 heterocycles. The molecule has 7 heteroatoms. The van der Waals surface area contributed by atoms with Gasteiger partial charge in [0, 0.05) is 29.9 Å². The van der Waals surface area contributed by atoms with Gasteiger partial charge in [-0.2, -0.15) is 0 Å². The maximum atomic E-state index is 14.0. The molecule has 0 spiro atoms. The lowest BCUT2D eigenvalue weighted by Crippen LogP contribution is -2.40. The van der Waals surface area contributed by atoms with E-state index in [1.807, 2.05) is 0 Å². The molecule has 3 aromatic carbocycles. The summed E-state index contributed by atoms with van der Waals surface area (Å²) < 4.78 is 32.8. The Morgan fingerprint density at radius 3 is 2.43 bits per heavy atom. The quantitative estimate of drug-likeness (QED) is 0.626. The number of nitrogen functional groups attached to an aromatic ring is 1.